The molecule has 0 unspecified atom stereocenters. The molecule has 1 amide bonds. The smallest absolute Gasteiger partial charge is 0.340 e. The summed E-state index contributed by atoms with van der Waals surface area (Å²) in [5.41, 5.74) is 2.66. The van der Waals surface area contributed by atoms with Crippen LogP contribution in [0.25, 0.3) is 11.0 Å². The summed E-state index contributed by atoms with van der Waals surface area (Å²) in [7, 11) is 2.90. The van der Waals surface area contributed by atoms with Crippen LogP contribution in [0, 0.1) is 13.8 Å². The molecule has 35 heavy (non-hydrogen) atoms. The lowest BCUT2D eigenvalue weighted by molar-refractivity contribution is 0.0474. The van der Waals surface area contributed by atoms with Gasteiger partial charge in [0.1, 0.15) is 12.2 Å². The number of fused-ring (bicyclic) bond motifs is 1. The van der Waals surface area contributed by atoms with E-state index in [1.54, 1.807) is 23.6 Å². The van der Waals surface area contributed by atoms with Crippen molar-refractivity contribution in [3.63, 3.8) is 0 Å². The van der Waals surface area contributed by atoms with Crippen molar-refractivity contribution < 1.29 is 28.2 Å². The zero-order valence-electron chi connectivity index (χ0n) is 19.6. The van der Waals surface area contributed by atoms with E-state index in [0.29, 0.717) is 32.9 Å². The minimum Gasteiger partial charge on any atom is -0.493 e. The van der Waals surface area contributed by atoms with Crippen LogP contribution in [-0.4, -0.2) is 26.1 Å². The van der Waals surface area contributed by atoms with E-state index in [4.69, 9.17) is 18.6 Å². The van der Waals surface area contributed by atoms with Gasteiger partial charge in [0.05, 0.1) is 30.3 Å². The van der Waals surface area contributed by atoms with Crippen molar-refractivity contribution in [3.05, 3.63) is 85.4 Å². The van der Waals surface area contributed by atoms with Crippen molar-refractivity contribution in [1.29, 1.82) is 0 Å². The highest BCUT2D eigenvalue weighted by atomic mass is 32.1. The van der Waals surface area contributed by atoms with E-state index in [2.05, 4.69) is 5.32 Å². The summed E-state index contributed by atoms with van der Waals surface area (Å²) in [5, 5.41) is 5.20. The first-order chi connectivity index (χ1) is 16.8. The van der Waals surface area contributed by atoms with Crippen LogP contribution in [0.5, 0.6) is 11.5 Å². The minimum absolute atomic E-state index is 0.0758. The van der Waals surface area contributed by atoms with E-state index in [-0.39, 0.29) is 23.8 Å². The number of nitrogens with one attached hydrogen (secondary N) is 1. The second-order valence-electron chi connectivity index (χ2n) is 7.78. The third-order valence-corrected chi connectivity index (χ3v) is 6.41. The topological polar surface area (TPSA) is 104 Å². The molecule has 0 saturated heterocycles. The number of hydrogen-bond donors (Lipinski definition) is 1. The highest BCUT2D eigenvalue weighted by molar-refractivity contribution is 7.12. The maximum atomic E-state index is 13.1. The van der Waals surface area contributed by atoms with Gasteiger partial charge in [0.2, 0.25) is 0 Å². The van der Waals surface area contributed by atoms with Crippen molar-refractivity contribution in [1.82, 2.24) is 0 Å². The molecule has 0 fully saturated rings. The monoisotopic (exact) mass is 493 g/mol. The van der Waals surface area contributed by atoms with Crippen LogP contribution >= 0.6 is 11.3 Å². The zero-order valence-corrected chi connectivity index (χ0v) is 20.4. The number of benzene rings is 2. The van der Waals surface area contributed by atoms with Crippen LogP contribution in [0.4, 0.5) is 5.69 Å². The molecule has 0 bridgehead atoms. The van der Waals surface area contributed by atoms with Crippen molar-refractivity contribution >= 4 is 39.9 Å². The molecule has 2 aromatic carbocycles. The standard InChI is InChI=1S/C26H23NO7S/c1-14-8-17-16(10-24(28)34-20(17)9-15(14)2)13-33-26(30)18-11-21(31-3)22(32-4)12-19(18)27-25(29)23-6-5-7-35-23/h5-12H,13H2,1-4H3,(H,27,29). The molecule has 4 aromatic rings. The Bertz CT molecular complexity index is 1470. The zero-order chi connectivity index (χ0) is 25.1. The largest absolute Gasteiger partial charge is 0.493 e. The highest BCUT2D eigenvalue weighted by Crippen LogP contribution is 2.34. The van der Waals surface area contributed by atoms with Crippen molar-refractivity contribution in [2.45, 2.75) is 20.5 Å². The van der Waals surface area contributed by atoms with Gasteiger partial charge in [-0.1, -0.05) is 6.07 Å². The molecule has 4 rings (SSSR count). The number of carbonyl (C=O) groups excluding carboxylic acids is 2. The van der Waals surface area contributed by atoms with Gasteiger partial charge in [-0.2, -0.15) is 0 Å². The summed E-state index contributed by atoms with van der Waals surface area (Å²) in [6.07, 6.45) is 0. The van der Waals surface area contributed by atoms with Crippen molar-refractivity contribution in [2.75, 3.05) is 19.5 Å². The number of ether oxygens (including phenoxy) is 3. The molecular formula is C26H23NO7S. The van der Waals surface area contributed by atoms with Crippen molar-refractivity contribution in [2.24, 2.45) is 0 Å². The molecule has 180 valence electrons. The summed E-state index contributed by atoms with van der Waals surface area (Å²) in [4.78, 5) is 38.4. The van der Waals surface area contributed by atoms with Crippen LogP contribution in [0.1, 0.15) is 36.7 Å². The lowest BCUT2D eigenvalue weighted by Gasteiger charge is -2.15. The SMILES string of the molecule is COc1cc(NC(=O)c2cccs2)c(C(=O)OCc2cc(=O)oc3cc(C)c(C)cc23)cc1OC. The molecule has 0 radical (unpaired) electrons. The number of methoxy groups -OCH3 is 2. The molecule has 0 aliphatic rings. The Hall–Kier alpha value is -4.11. The van der Waals surface area contributed by atoms with Crippen LogP contribution < -0.4 is 20.4 Å². The molecule has 1 N–H and O–H groups in total. The van der Waals surface area contributed by atoms with Gasteiger partial charge in [0, 0.05) is 29.1 Å². The molecule has 2 aromatic heterocycles. The normalized spacial score (nSPS) is 10.7. The Labute approximate surface area is 205 Å². The Balaban J connectivity index is 1.67. The molecule has 2 heterocycles. The number of rotatable bonds is 7. The Kier molecular flexibility index (Phi) is 6.88. The van der Waals surface area contributed by atoms with Gasteiger partial charge in [0.15, 0.2) is 11.5 Å². The first-order valence-corrected chi connectivity index (χ1v) is 11.5. The van der Waals surface area contributed by atoms with Crippen LogP contribution in [0.15, 0.2) is 57.1 Å². The predicted molar refractivity (Wildman–Crippen MR) is 133 cm³/mol. The fourth-order valence-corrected chi connectivity index (χ4v) is 4.19. The average Bonchev–Trinajstić information content (AvgIpc) is 3.38. The van der Waals surface area contributed by atoms with Crippen molar-refractivity contribution in [3.8, 4) is 11.5 Å². The second-order valence-corrected chi connectivity index (χ2v) is 8.73. The van der Waals surface area contributed by atoms with E-state index >= 15 is 0 Å². The molecule has 0 atom stereocenters. The third-order valence-electron chi connectivity index (χ3n) is 5.54. The van der Waals surface area contributed by atoms with Gasteiger partial charge in [0.25, 0.3) is 5.91 Å². The fraction of sp³-hybridized carbons (Fsp3) is 0.192. The van der Waals surface area contributed by atoms with E-state index in [1.165, 1.54) is 43.8 Å². The second kappa shape index (κ2) is 10.0. The van der Waals surface area contributed by atoms with E-state index in [1.807, 2.05) is 19.9 Å². The molecular weight excluding hydrogens is 470 g/mol. The van der Waals surface area contributed by atoms with Gasteiger partial charge in [-0.25, -0.2) is 9.59 Å². The molecule has 9 heteroatoms. The number of carbonyl (C=O) groups is 2. The summed E-state index contributed by atoms with van der Waals surface area (Å²) in [6, 6.07) is 11.3. The number of aryl methyl sites for hydroxylation is 2. The molecule has 0 aliphatic heterocycles. The number of hydrogen-bond acceptors (Lipinski definition) is 8. The third kappa shape index (κ3) is 5.04. The summed E-state index contributed by atoms with van der Waals surface area (Å²) >= 11 is 1.27. The number of esters is 1. The average molecular weight is 494 g/mol. The van der Waals surface area contributed by atoms with Gasteiger partial charge in [-0.3, -0.25) is 4.79 Å². The molecule has 8 nitrogen and oxygen atoms in total. The Morgan fingerprint density at radius 3 is 2.40 bits per heavy atom. The van der Waals surface area contributed by atoms with Gasteiger partial charge < -0.3 is 23.9 Å². The highest BCUT2D eigenvalue weighted by Gasteiger charge is 2.21. The number of thiophene rings is 1. The van der Waals surface area contributed by atoms with Gasteiger partial charge in [-0.05, 0) is 48.6 Å². The van der Waals surface area contributed by atoms with E-state index < -0.39 is 11.6 Å². The quantitative estimate of drug-likeness (QED) is 0.282. The first kappa shape index (κ1) is 24.0. The van der Waals surface area contributed by atoms with E-state index in [9.17, 15) is 14.4 Å². The lowest BCUT2D eigenvalue weighted by atomic mass is 10.0. The Morgan fingerprint density at radius 2 is 1.71 bits per heavy atom. The summed E-state index contributed by atoms with van der Waals surface area (Å²) in [5.74, 6) is -0.454. The number of anilines is 1. The number of amides is 1. The summed E-state index contributed by atoms with van der Waals surface area (Å²) < 4.78 is 21.5. The van der Waals surface area contributed by atoms with Gasteiger partial charge in [-0.15, -0.1) is 11.3 Å². The Morgan fingerprint density at radius 1 is 1.00 bits per heavy atom. The van der Waals surface area contributed by atoms with E-state index in [0.717, 1.165) is 11.1 Å². The first-order valence-electron chi connectivity index (χ1n) is 10.6. The van der Waals surface area contributed by atoms with Crippen LogP contribution in [0.2, 0.25) is 0 Å². The van der Waals surface area contributed by atoms with Gasteiger partial charge >= 0.3 is 11.6 Å². The lowest BCUT2D eigenvalue weighted by Crippen LogP contribution is -2.16. The maximum absolute atomic E-state index is 13.1. The summed E-state index contributed by atoms with van der Waals surface area (Å²) in [6.45, 7) is 3.70. The molecule has 0 spiro atoms. The molecule has 0 aliphatic carbocycles. The predicted octanol–water partition coefficient (Wildman–Crippen LogP) is 5.10. The fourth-order valence-electron chi connectivity index (χ4n) is 3.57. The maximum Gasteiger partial charge on any atom is 0.340 e. The van der Waals surface area contributed by atoms with Crippen LogP contribution in [-0.2, 0) is 11.3 Å². The minimum atomic E-state index is -0.711. The molecule has 0 saturated carbocycles. The van der Waals surface area contributed by atoms with Crippen LogP contribution in [0.3, 0.4) is 0 Å².